The van der Waals surface area contributed by atoms with Gasteiger partial charge in [-0.1, -0.05) is 86.0 Å². The quantitative estimate of drug-likeness (QED) is 0.630. The number of benzene rings is 2. The number of fused-ring (bicyclic) bond motifs is 1. The molecule has 2 aromatic rings. The second-order valence-electron chi connectivity index (χ2n) is 5.43. The fourth-order valence-electron chi connectivity index (χ4n) is 3.25. The van der Waals surface area contributed by atoms with E-state index in [1.807, 2.05) is 12.2 Å². The zero-order valence-electron chi connectivity index (χ0n) is 12.9. The van der Waals surface area contributed by atoms with Crippen LogP contribution in [0.4, 0.5) is 0 Å². The maximum atomic E-state index is 4.02. The molecule has 0 amide bonds. The first-order valence-electron chi connectivity index (χ1n) is 7.61. The summed E-state index contributed by atoms with van der Waals surface area (Å²) in [6.45, 7) is 10.1. The van der Waals surface area contributed by atoms with Crippen molar-refractivity contribution in [3.63, 3.8) is 0 Å². The number of hydrogen-bond acceptors (Lipinski definition) is 0. The summed E-state index contributed by atoms with van der Waals surface area (Å²) in [5, 5.41) is 0. The lowest BCUT2D eigenvalue weighted by Crippen LogP contribution is -2.07. The van der Waals surface area contributed by atoms with Crippen molar-refractivity contribution in [2.24, 2.45) is 0 Å². The molecular formula is C22H20. The van der Waals surface area contributed by atoms with E-state index < -0.39 is 0 Å². The van der Waals surface area contributed by atoms with Crippen molar-refractivity contribution in [3.8, 4) is 0 Å². The van der Waals surface area contributed by atoms with Crippen molar-refractivity contribution < 1.29 is 0 Å². The zero-order chi connectivity index (χ0) is 15.5. The molecule has 0 aliphatic heterocycles. The summed E-state index contributed by atoms with van der Waals surface area (Å²) in [6.07, 6.45) is 10.6. The van der Waals surface area contributed by atoms with Crippen LogP contribution < -0.4 is 0 Å². The van der Waals surface area contributed by atoms with E-state index in [0.717, 1.165) is 5.56 Å². The molecule has 108 valence electrons. The fourth-order valence-corrected chi connectivity index (χ4v) is 3.25. The van der Waals surface area contributed by atoms with Gasteiger partial charge in [-0.2, -0.15) is 0 Å². The van der Waals surface area contributed by atoms with E-state index in [2.05, 4.69) is 80.8 Å². The van der Waals surface area contributed by atoms with Gasteiger partial charge in [-0.3, -0.25) is 0 Å². The Labute approximate surface area is 132 Å². The maximum absolute atomic E-state index is 4.02. The normalized spacial score (nSPS) is 18.0. The lowest BCUT2D eigenvalue weighted by molar-refractivity contribution is 1.09. The van der Waals surface area contributed by atoms with Crippen LogP contribution >= 0.6 is 0 Å². The van der Waals surface area contributed by atoms with E-state index in [9.17, 15) is 0 Å². The standard InChI is InChI=1S/C22H20/c1-4-16-12-13-18-14-15-21(17-10-8-7-9-11-17)20(6-3)22(18)19(16)5-2/h4-15,21H,1-2H2,3H3/b20-6-. The molecule has 0 saturated heterocycles. The Morgan fingerprint density at radius 2 is 1.73 bits per heavy atom. The van der Waals surface area contributed by atoms with Gasteiger partial charge in [0.25, 0.3) is 0 Å². The predicted octanol–water partition coefficient (Wildman–Crippen LogP) is 6.19. The highest BCUT2D eigenvalue weighted by Crippen LogP contribution is 2.42. The molecule has 0 aromatic heterocycles. The molecule has 0 heterocycles. The van der Waals surface area contributed by atoms with E-state index in [4.69, 9.17) is 0 Å². The minimum absolute atomic E-state index is 0.289. The van der Waals surface area contributed by atoms with Gasteiger partial charge in [0.05, 0.1) is 0 Å². The average Bonchev–Trinajstić information content (AvgIpc) is 2.60. The second-order valence-corrected chi connectivity index (χ2v) is 5.43. The van der Waals surface area contributed by atoms with Crippen molar-refractivity contribution in [1.29, 1.82) is 0 Å². The van der Waals surface area contributed by atoms with Crippen LogP contribution in [-0.2, 0) is 0 Å². The third-order valence-corrected chi connectivity index (χ3v) is 4.30. The van der Waals surface area contributed by atoms with Crippen molar-refractivity contribution in [2.45, 2.75) is 12.8 Å². The number of allylic oxidation sites excluding steroid dienone is 3. The zero-order valence-corrected chi connectivity index (χ0v) is 12.9. The molecule has 2 aromatic carbocycles. The molecule has 0 spiro atoms. The molecule has 1 aliphatic carbocycles. The fraction of sp³-hybridized carbons (Fsp3) is 0.0909. The van der Waals surface area contributed by atoms with Gasteiger partial charge in [-0.15, -0.1) is 0 Å². The summed E-state index contributed by atoms with van der Waals surface area (Å²) >= 11 is 0. The summed E-state index contributed by atoms with van der Waals surface area (Å²) in [5.74, 6) is 0.289. The second kappa shape index (κ2) is 6.03. The van der Waals surface area contributed by atoms with Crippen LogP contribution in [-0.4, -0.2) is 0 Å². The first-order chi connectivity index (χ1) is 10.8. The highest BCUT2D eigenvalue weighted by Gasteiger charge is 2.23. The third-order valence-electron chi connectivity index (χ3n) is 4.30. The molecule has 0 bridgehead atoms. The molecule has 22 heavy (non-hydrogen) atoms. The van der Waals surface area contributed by atoms with Crippen molar-refractivity contribution in [1.82, 2.24) is 0 Å². The van der Waals surface area contributed by atoms with Crippen LogP contribution in [0, 0.1) is 0 Å². The van der Waals surface area contributed by atoms with Gasteiger partial charge in [0.1, 0.15) is 0 Å². The van der Waals surface area contributed by atoms with Crippen LogP contribution in [0.15, 0.2) is 67.8 Å². The van der Waals surface area contributed by atoms with Crippen molar-refractivity contribution >= 4 is 23.8 Å². The highest BCUT2D eigenvalue weighted by molar-refractivity contribution is 5.90. The molecule has 0 nitrogen and oxygen atoms in total. The molecule has 0 N–H and O–H groups in total. The van der Waals surface area contributed by atoms with Crippen molar-refractivity contribution in [3.05, 3.63) is 95.6 Å². The average molecular weight is 284 g/mol. The topological polar surface area (TPSA) is 0 Å². The summed E-state index contributed by atoms with van der Waals surface area (Å²) in [7, 11) is 0. The third kappa shape index (κ3) is 2.27. The van der Waals surface area contributed by atoms with Gasteiger partial charge in [-0.05, 0) is 40.3 Å². The molecule has 0 radical (unpaired) electrons. The lowest BCUT2D eigenvalue weighted by atomic mass is 9.77. The van der Waals surface area contributed by atoms with Gasteiger partial charge < -0.3 is 0 Å². The van der Waals surface area contributed by atoms with E-state index in [-0.39, 0.29) is 5.92 Å². The van der Waals surface area contributed by atoms with Gasteiger partial charge in [-0.25, -0.2) is 0 Å². The summed E-state index contributed by atoms with van der Waals surface area (Å²) in [6, 6.07) is 14.9. The molecule has 0 heteroatoms. The monoisotopic (exact) mass is 284 g/mol. The molecule has 1 aliphatic rings. The summed E-state index contributed by atoms with van der Waals surface area (Å²) in [5.41, 5.74) is 7.49. The Hall–Kier alpha value is -2.60. The molecule has 0 fully saturated rings. The van der Waals surface area contributed by atoms with E-state index in [0.29, 0.717) is 0 Å². The molecular weight excluding hydrogens is 264 g/mol. The first-order valence-corrected chi connectivity index (χ1v) is 7.61. The van der Waals surface area contributed by atoms with Crippen LogP contribution in [0.2, 0.25) is 0 Å². The summed E-state index contributed by atoms with van der Waals surface area (Å²) < 4.78 is 0. The van der Waals surface area contributed by atoms with Gasteiger partial charge in [0.2, 0.25) is 0 Å². The smallest absolute Gasteiger partial charge is 0.0275 e. The van der Waals surface area contributed by atoms with Crippen LogP contribution in [0.25, 0.3) is 23.8 Å². The van der Waals surface area contributed by atoms with E-state index in [1.54, 1.807) is 0 Å². The lowest BCUT2D eigenvalue weighted by Gasteiger charge is -2.26. The highest BCUT2D eigenvalue weighted by atomic mass is 14.3. The SMILES string of the molecule is C=Cc1ccc2c(c1C=C)/C(=C\C)C(c1ccccc1)C=C2. The summed E-state index contributed by atoms with van der Waals surface area (Å²) in [4.78, 5) is 0. The van der Waals surface area contributed by atoms with Crippen LogP contribution in [0.1, 0.15) is 40.7 Å². The molecule has 1 atom stereocenters. The Morgan fingerprint density at radius 1 is 0.955 bits per heavy atom. The van der Waals surface area contributed by atoms with Crippen molar-refractivity contribution in [2.75, 3.05) is 0 Å². The Kier molecular flexibility index (Phi) is 3.93. The Bertz CT molecular complexity index is 773. The first kappa shape index (κ1) is 14.3. The Balaban J connectivity index is 2.23. The molecule has 1 unspecified atom stereocenters. The van der Waals surface area contributed by atoms with Gasteiger partial charge in [0.15, 0.2) is 0 Å². The van der Waals surface area contributed by atoms with Gasteiger partial charge >= 0.3 is 0 Å². The Morgan fingerprint density at radius 3 is 2.36 bits per heavy atom. The predicted molar refractivity (Wildman–Crippen MR) is 98.5 cm³/mol. The van der Waals surface area contributed by atoms with Crippen LogP contribution in [0.5, 0.6) is 0 Å². The van der Waals surface area contributed by atoms with Crippen LogP contribution in [0.3, 0.4) is 0 Å². The number of hydrogen-bond donors (Lipinski definition) is 0. The largest absolute Gasteiger partial charge is 0.0984 e. The maximum Gasteiger partial charge on any atom is 0.0275 e. The van der Waals surface area contributed by atoms with E-state index in [1.165, 1.54) is 27.8 Å². The molecule has 0 saturated carbocycles. The minimum atomic E-state index is 0.289. The van der Waals surface area contributed by atoms with E-state index >= 15 is 0 Å². The molecule has 3 rings (SSSR count). The van der Waals surface area contributed by atoms with Gasteiger partial charge in [0, 0.05) is 5.92 Å². The number of rotatable bonds is 3. The minimum Gasteiger partial charge on any atom is -0.0984 e.